The quantitative estimate of drug-likeness (QED) is 0.761. The van der Waals surface area contributed by atoms with E-state index in [1.807, 2.05) is 12.1 Å². The van der Waals surface area contributed by atoms with Crippen LogP contribution in [0, 0.1) is 5.92 Å². The molecule has 106 valence electrons. The third-order valence-electron chi connectivity index (χ3n) is 4.16. The summed E-state index contributed by atoms with van der Waals surface area (Å²) in [7, 11) is 0. The Morgan fingerprint density at radius 3 is 2.63 bits per heavy atom. The maximum absolute atomic E-state index is 6.02. The molecular formula is C17H26ClN. The molecule has 0 bridgehead atoms. The van der Waals surface area contributed by atoms with Gasteiger partial charge in [0.2, 0.25) is 0 Å². The van der Waals surface area contributed by atoms with Crippen LogP contribution in [-0.2, 0) is 6.42 Å². The van der Waals surface area contributed by atoms with Gasteiger partial charge >= 0.3 is 0 Å². The third-order valence-corrected chi connectivity index (χ3v) is 4.40. The average molecular weight is 280 g/mol. The van der Waals surface area contributed by atoms with Gasteiger partial charge in [-0.3, -0.25) is 0 Å². The molecule has 19 heavy (non-hydrogen) atoms. The fourth-order valence-corrected chi connectivity index (χ4v) is 3.24. The molecule has 0 radical (unpaired) electrons. The zero-order chi connectivity index (χ0) is 13.5. The number of benzene rings is 1. The van der Waals surface area contributed by atoms with Gasteiger partial charge in [0.15, 0.2) is 0 Å². The third kappa shape index (κ3) is 5.54. The fraction of sp³-hybridized carbons (Fsp3) is 0.647. The molecule has 1 saturated carbocycles. The highest BCUT2D eigenvalue weighted by molar-refractivity contribution is 6.30. The summed E-state index contributed by atoms with van der Waals surface area (Å²) >= 11 is 6.02. The fourth-order valence-electron chi connectivity index (χ4n) is 3.03. The van der Waals surface area contributed by atoms with Gasteiger partial charge < -0.3 is 5.32 Å². The molecule has 2 heteroatoms. The standard InChI is InChI=1S/C17H26ClN/c1-14(11-16-9-6-10-17(18)12-16)19-13-15-7-4-2-3-5-8-15/h6,9-10,12,14-15,19H,2-5,7-8,11,13H2,1H3. The van der Waals surface area contributed by atoms with Crippen LogP contribution in [0.2, 0.25) is 5.02 Å². The average Bonchev–Trinajstić information content (AvgIpc) is 2.65. The van der Waals surface area contributed by atoms with Gasteiger partial charge in [0, 0.05) is 11.1 Å². The molecule has 1 aromatic carbocycles. The lowest BCUT2D eigenvalue weighted by Gasteiger charge is -2.19. The van der Waals surface area contributed by atoms with E-state index >= 15 is 0 Å². The van der Waals surface area contributed by atoms with Gasteiger partial charge in [0.25, 0.3) is 0 Å². The minimum atomic E-state index is 0.529. The van der Waals surface area contributed by atoms with E-state index in [1.54, 1.807) is 0 Å². The van der Waals surface area contributed by atoms with Crippen LogP contribution in [0.3, 0.4) is 0 Å². The Morgan fingerprint density at radius 2 is 1.95 bits per heavy atom. The first-order valence-corrected chi connectivity index (χ1v) is 8.09. The van der Waals surface area contributed by atoms with E-state index in [-0.39, 0.29) is 0 Å². The van der Waals surface area contributed by atoms with Crippen LogP contribution in [0.4, 0.5) is 0 Å². The summed E-state index contributed by atoms with van der Waals surface area (Å²) in [4.78, 5) is 0. The molecule has 1 aliphatic rings. The number of hydrogen-bond acceptors (Lipinski definition) is 1. The van der Waals surface area contributed by atoms with E-state index in [1.165, 1.54) is 50.6 Å². The van der Waals surface area contributed by atoms with Crippen LogP contribution in [0.5, 0.6) is 0 Å². The largest absolute Gasteiger partial charge is 0.314 e. The van der Waals surface area contributed by atoms with Crippen molar-refractivity contribution in [1.29, 1.82) is 0 Å². The molecule has 0 aromatic heterocycles. The van der Waals surface area contributed by atoms with Crippen molar-refractivity contribution in [3.8, 4) is 0 Å². The normalized spacial score (nSPS) is 19.1. The Morgan fingerprint density at radius 1 is 1.21 bits per heavy atom. The molecule has 0 amide bonds. The van der Waals surface area contributed by atoms with Crippen molar-refractivity contribution in [2.75, 3.05) is 6.54 Å². The minimum Gasteiger partial charge on any atom is -0.314 e. The van der Waals surface area contributed by atoms with Crippen LogP contribution in [0.15, 0.2) is 24.3 Å². The lowest BCUT2D eigenvalue weighted by molar-refractivity contribution is 0.398. The van der Waals surface area contributed by atoms with Gasteiger partial charge in [-0.15, -0.1) is 0 Å². The molecule has 1 N–H and O–H groups in total. The van der Waals surface area contributed by atoms with E-state index in [0.29, 0.717) is 6.04 Å². The summed E-state index contributed by atoms with van der Waals surface area (Å²) in [5.41, 5.74) is 1.33. The highest BCUT2D eigenvalue weighted by Gasteiger charge is 2.13. The van der Waals surface area contributed by atoms with E-state index in [4.69, 9.17) is 11.6 Å². The molecule has 0 spiro atoms. The van der Waals surface area contributed by atoms with Gasteiger partial charge in [0.1, 0.15) is 0 Å². The SMILES string of the molecule is CC(Cc1cccc(Cl)c1)NCC1CCCCCC1. The van der Waals surface area contributed by atoms with Crippen LogP contribution in [0.25, 0.3) is 0 Å². The van der Waals surface area contributed by atoms with Crippen molar-refractivity contribution in [2.24, 2.45) is 5.92 Å². The second-order valence-corrected chi connectivity index (χ2v) is 6.44. The highest BCUT2D eigenvalue weighted by atomic mass is 35.5. The van der Waals surface area contributed by atoms with E-state index in [9.17, 15) is 0 Å². The van der Waals surface area contributed by atoms with Crippen molar-refractivity contribution in [2.45, 2.75) is 57.9 Å². The van der Waals surface area contributed by atoms with Crippen molar-refractivity contribution < 1.29 is 0 Å². The van der Waals surface area contributed by atoms with Crippen molar-refractivity contribution in [1.82, 2.24) is 5.32 Å². The van der Waals surface area contributed by atoms with Crippen LogP contribution < -0.4 is 5.32 Å². The van der Waals surface area contributed by atoms with Gasteiger partial charge in [-0.05, 0) is 56.3 Å². The first-order chi connectivity index (χ1) is 9.24. The maximum atomic E-state index is 6.02. The summed E-state index contributed by atoms with van der Waals surface area (Å²) in [5, 5.41) is 4.55. The summed E-state index contributed by atoms with van der Waals surface area (Å²) in [6.45, 7) is 3.46. The molecule has 2 rings (SSSR count). The second kappa shape index (κ2) is 7.91. The zero-order valence-electron chi connectivity index (χ0n) is 12.0. The van der Waals surface area contributed by atoms with E-state index in [0.717, 1.165) is 17.4 Å². The highest BCUT2D eigenvalue weighted by Crippen LogP contribution is 2.22. The molecule has 0 heterocycles. The molecule has 1 aliphatic carbocycles. The molecule has 1 aromatic rings. The predicted octanol–water partition coefficient (Wildman–Crippen LogP) is 4.83. The topological polar surface area (TPSA) is 12.0 Å². The molecule has 1 fully saturated rings. The van der Waals surface area contributed by atoms with Gasteiger partial charge in [-0.25, -0.2) is 0 Å². The minimum absolute atomic E-state index is 0.529. The summed E-state index contributed by atoms with van der Waals surface area (Å²) in [5.74, 6) is 0.893. The number of hydrogen-bond donors (Lipinski definition) is 1. The predicted molar refractivity (Wildman–Crippen MR) is 83.8 cm³/mol. The van der Waals surface area contributed by atoms with Crippen molar-refractivity contribution in [3.63, 3.8) is 0 Å². The summed E-state index contributed by atoms with van der Waals surface area (Å²) < 4.78 is 0. The lowest BCUT2D eigenvalue weighted by Crippen LogP contribution is -2.32. The first kappa shape index (κ1) is 14.9. The monoisotopic (exact) mass is 279 g/mol. The van der Waals surface area contributed by atoms with Crippen LogP contribution in [-0.4, -0.2) is 12.6 Å². The van der Waals surface area contributed by atoms with E-state index in [2.05, 4.69) is 24.4 Å². The van der Waals surface area contributed by atoms with Crippen molar-refractivity contribution >= 4 is 11.6 Å². The summed E-state index contributed by atoms with van der Waals surface area (Å²) in [6, 6.07) is 8.74. The molecular weight excluding hydrogens is 254 g/mol. The number of nitrogens with one attached hydrogen (secondary N) is 1. The Bertz CT molecular complexity index is 369. The summed E-state index contributed by atoms with van der Waals surface area (Å²) in [6.07, 6.45) is 9.62. The maximum Gasteiger partial charge on any atom is 0.0408 e. The Labute approximate surface area is 122 Å². The lowest BCUT2D eigenvalue weighted by atomic mass is 9.99. The zero-order valence-corrected chi connectivity index (χ0v) is 12.8. The van der Waals surface area contributed by atoms with Gasteiger partial charge in [-0.1, -0.05) is 49.4 Å². The second-order valence-electron chi connectivity index (χ2n) is 6.00. The Kier molecular flexibility index (Phi) is 6.19. The number of halogens is 1. The van der Waals surface area contributed by atoms with Crippen LogP contribution in [0.1, 0.15) is 51.0 Å². The Balaban J connectivity index is 1.73. The van der Waals surface area contributed by atoms with Gasteiger partial charge in [0.05, 0.1) is 0 Å². The van der Waals surface area contributed by atoms with Gasteiger partial charge in [-0.2, -0.15) is 0 Å². The van der Waals surface area contributed by atoms with Crippen molar-refractivity contribution in [3.05, 3.63) is 34.9 Å². The molecule has 1 nitrogen and oxygen atoms in total. The molecule has 0 saturated heterocycles. The first-order valence-electron chi connectivity index (χ1n) is 7.72. The molecule has 1 unspecified atom stereocenters. The number of rotatable bonds is 5. The van der Waals surface area contributed by atoms with Crippen LogP contribution >= 0.6 is 11.6 Å². The molecule has 0 aliphatic heterocycles. The van der Waals surface area contributed by atoms with E-state index < -0.39 is 0 Å². The smallest absolute Gasteiger partial charge is 0.0408 e. The Hall–Kier alpha value is -0.530. The molecule has 1 atom stereocenters.